The van der Waals surface area contributed by atoms with Gasteiger partial charge in [0.1, 0.15) is 5.82 Å². The summed E-state index contributed by atoms with van der Waals surface area (Å²) < 4.78 is 13.8. The van der Waals surface area contributed by atoms with Crippen molar-refractivity contribution in [1.29, 1.82) is 0 Å². The van der Waals surface area contributed by atoms with Gasteiger partial charge in [-0.05, 0) is 44.9 Å². The topological polar surface area (TPSA) is 26.8 Å². The van der Waals surface area contributed by atoms with Gasteiger partial charge in [0.15, 0.2) is 0 Å². The minimum absolute atomic E-state index is 0.167. The molecule has 0 saturated carbocycles. The molecule has 132 valence electrons. The van der Waals surface area contributed by atoms with Crippen LogP contribution in [0.5, 0.6) is 0 Å². The Hall–Kier alpha value is -1.46. The zero-order chi connectivity index (χ0) is 17.1. The molecule has 2 saturated heterocycles. The molecule has 0 aromatic heterocycles. The van der Waals surface area contributed by atoms with Crippen LogP contribution in [0.3, 0.4) is 0 Å². The van der Waals surface area contributed by atoms with E-state index in [1.807, 2.05) is 4.90 Å². The van der Waals surface area contributed by atoms with Crippen LogP contribution in [0.2, 0.25) is 0 Å². The van der Waals surface area contributed by atoms with Crippen molar-refractivity contribution in [1.82, 2.24) is 14.7 Å². The molecule has 5 heteroatoms. The van der Waals surface area contributed by atoms with E-state index in [9.17, 15) is 9.18 Å². The first-order valence-electron chi connectivity index (χ1n) is 9.01. The maximum Gasteiger partial charge on any atom is 0.256 e. The van der Waals surface area contributed by atoms with Crippen molar-refractivity contribution in [3.8, 4) is 0 Å². The Morgan fingerprint density at radius 2 is 1.88 bits per heavy atom. The summed E-state index contributed by atoms with van der Waals surface area (Å²) in [6.07, 6.45) is 2.03. The second-order valence-electron chi connectivity index (χ2n) is 7.32. The average molecular weight is 333 g/mol. The summed E-state index contributed by atoms with van der Waals surface area (Å²) in [7, 11) is 2.18. The highest BCUT2D eigenvalue weighted by Gasteiger charge is 2.28. The average Bonchev–Trinajstić information content (AvgIpc) is 2.58. The highest BCUT2D eigenvalue weighted by Crippen LogP contribution is 2.22. The Bertz CT molecular complexity index is 571. The SMILES string of the molecule is C[C@@H]1CN(C)CCN1CC1CCN(C(=O)c2ccccc2F)CC1. The number of carbonyl (C=O) groups is 1. The molecule has 0 bridgehead atoms. The second kappa shape index (κ2) is 7.62. The number of nitrogens with zero attached hydrogens (tertiary/aromatic N) is 3. The van der Waals surface area contributed by atoms with Crippen molar-refractivity contribution in [2.45, 2.75) is 25.8 Å². The third-order valence-corrected chi connectivity index (χ3v) is 5.47. The van der Waals surface area contributed by atoms with Gasteiger partial charge in [-0.1, -0.05) is 12.1 Å². The van der Waals surface area contributed by atoms with Crippen molar-refractivity contribution in [3.63, 3.8) is 0 Å². The van der Waals surface area contributed by atoms with Gasteiger partial charge in [0, 0.05) is 45.3 Å². The minimum atomic E-state index is -0.420. The molecule has 0 N–H and O–H groups in total. The van der Waals surface area contributed by atoms with E-state index in [1.165, 1.54) is 6.07 Å². The molecule has 2 aliphatic rings. The fourth-order valence-corrected chi connectivity index (χ4v) is 3.90. The number of amides is 1. The number of likely N-dealkylation sites (tertiary alicyclic amines) is 1. The summed E-state index contributed by atoms with van der Waals surface area (Å²) in [6, 6.07) is 6.87. The zero-order valence-corrected chi connectivity index (χ0v) is 14.7. The lowest BCUT2D eigenvalue weighted by Crippen LogP contribution is -2.52. The molecular weight excluding hydrogens is 305 g/mol. The molecular formula is C19H28FN3O. The van der Waals surface area contributed by atoms with E-state index in [2.05, 4.69) is 23.8 Å². The number of benzene rings is 1. The molecule has 0 aliphatic carbocycles. The number of rotatable bonds is 3. The van der Waals surface area contributed by atoms with Gasteiger partial charge in [0.2, 0.25) is 0 Å². The second-order valence-corrected chi connectivity index (χ2v) is 7.32. The van der Waals surface area contributed by atoms with Crippen molar-refractivity contribution < 1.29 is 9.18 Å². The van der Waals surface area contributed by atoms with Crippen LogP contribution in [0, 0.1) is 11.7 Å². The monoisotopic (exact) mass is 333 g/mol. The summed E-state index contributed by atoms with van der Waals surface area (Å²) in [5.74, 6) is 0.0518. The maximum absolute atomic E-state index is 13.8. The highest BCUT2D eigenvalue weighted by atomic mass is 19.1. The van der Waals surface area contributed by atoms with Gasteiger partial charge in [-0.25, -0.2) is 4.39 Å². The van der Waals surface area contributed by atoms with Crippen LogP contribution in [0.4, 0.5) is 4.39 Å². The van der Waals surface area contributed by atoms with Crippen LogP contribution in [-0.2, 0) is 0 Å². The normalized spacial score (nSPS) is 24.3. The van der Waals surface area contributed by atoms with E-state index in [-0.39, 0.29) is 11.5 Å². The molecule has 0 unspecified atom stereocenters. The van der Waals surface area contributed by atoms with E-state index >= 15 is 0 Å². The Balaban J connectivity index is 1.51. The Morgan fingerprint density at radius 1 is 1.17 bits per heavy atom. The lowest BCUT2D eigenvalue weighted by Gasteiger charge is -2.41. The Morgan fingerprint density at radius 3 is 2.54 bits per heavy atom. The van der Waals surface area contributed by atoms with Crippen molar-refractivity contribution in [2.75, 3.05) is 46.3 Å². The fourth-order valence-electron chi connectivity index (χ4n) is 3.90. The summed E-state index contributed by atoms with van der Waals surface area (Å²) in [6.45, 7) is 8.29. The highest BCUT2D eigenvalue weighted by molar-refractivity contribution is 5.94. The van der Waals surface area contributed by atoms with E-state index < -0.39 is 5.82 Å². The summed E-state index contributed by atoms with van der Waals surface area (Å²) >= 11 is 0. The van der Waals surface area contributed by atoms with Crippen LogP contribution in [0.15, 0.2) is 24.3 Å². The summed E-state index contributed by atoms with van der Waals surface area (Å²) in [4.78, 5) is 19.3. The Kier molecular flexibility index (Phi) is 5.51. The number of hydrogen-bond acceptors (Lipinski definition) is 3. The number of piperazine rings is 1. The lowest BCUT2D eigenvalue weighted by atomic mass is 9.94. The summed E-state index contributed by atoms with van der Waals surface area (Å²) in [5, 5.41) is 0. The van der Waals surface area contributed by atoms with Gasteiger partial charge in [0.05, 0.1) is 5.56 Å². The number of likely N-dealkylation sites (N-methyl/N-ethyl adjacent to an activating group) is 1. The lowest BCUT2D eigenvalue weighted by molar-refractivity contribution is 0.0553. The molecule has 4 nitrogen and oxygen atoms in total. The number of halogens is 1. The third kappa shape index (κ3) is 3.95. The molecule has 1 amide bonds. The molecule has 24 heavy (non-hydrogen) atoms. The molecule has 1 aromatic rings. The molecule has 0 spiro atoms. The van der Waals surface area contributed by atoms with Gasteiger partial charge in [-0.15, -0.1) is 0 Å². The molecule has 2 fully saturated rings. The first-order valence-corrected chi connectivity index (χ1v) is 9.01. The van der Waals surface area contributed by atoms with Crippen LogP contribution >= 0.6 is 0 Å². The predicted molar refractivity (Wildman–Crippen MR) is 93.6 cm³/mol. The van der Waals surface area contributed by atoms with Crippen LogP contribution in [0.1, 0.15) is 30.1 Å². The first kappa shape index (κ1) is 17.4. The van der Waals surface area contributed by atoms with Gasteiger partial charge in [0.25, 0.3) is 5.91 Å². The number of piperidine rings is 1. The quantitative estimate of drug-likeness (QED) is 0.849. The largest absolute Gasteiger partial charge is 0.339 e. The van der Waals surface area contributed by atoms with Crippen molar-refractivity contribution in [2.24, 2.45) is 5.92 Å². The number of hydrogen-bond donors (Lipinski definition) is 0. The number of carbonyl (C=O) groups excluding carboxylic acids is 1. The standard InChI is InChI=1S/C19H28FN3O/c1-15-13-21(2)11-12-23(15)14-16-7-9-22(10-8-16)19(24)17-5-3-4-6-18(17)20/h3-6,15-16H,7-14H2,1-2H3/t15-/m1/s1. The predicted octanol–water partition coefficient (Wildman–Crippen LogP) is 2.31. The van der Waals surface area contributed by atoms with Crippen molar-refractivity contribution >= 4 is 5.91 Å². The Labute approximate surface area is 144 Å². The minimum Gasteiger partial charge on any atom is -0.339 e. The summed E-state index contributed by atoms with van der Waals surface area (Å²) in [5.41, 5.74) is 0.198. The van der Waals surface area contributed by atoms with Gasteiger partial charge in [-0.2, -0.15) is 0 Å². The van der Waals surface area contributed by atoms with E-state index in [0.717, 1.165) is 52.1 Å². The van der Waals surface area contributed by atoms with Crippen LogP contribution in [0.25, 0.3) is 0 Å². The fraction of sp³-hybridized carbons (Fsp3) is 0.632. The van der Waals surface area contributed by atoms with E-state index in [0.29, 0.717) is 12.0 Å². The third-order valence-electron chi connectivity index (χ3n) is 5.47. The molecule has 1 atom stereocenters. The van der Waals surface area contributed by atoms with Gasteiger partial charge in [-0.3, -0.25) is 9.69 Å². The zero-order valence-electron chi connectivity index (χ0n) is 14.7. The maximum atomic E-state index is 13.8. The van der Waals surface area contributed by atoms with E-state index in [4.69, 9.17) is 0 Å². The molecule has 0 radical (unpaired) electrons. The van der Waals surface area contributed by atoms with Crippen LogP contribution in [-0.4, -0.2) is 73.0 Å². The molecule has 2 aliphatic heterocycles. The molecule has 3 rings (SSSR count). The van der Waals surface area contributed by atoms with Crippen LogP contribution < -0.4 is 0 Å². The molecule has 2 heterocycles. The van der Waals surface area contributed by atoms with Gasteiger partial charge >= 0.3 is 0 Å². The first-order chi connectivity index (χ1) is 11.5. The van der Waals surface area contributed by atoms with Gasteiger partial charge < -0.3 is 9.80 Å². The van der Waals surface area contributed by atoms with Crippen molar-refractivity contribution in [3.05, 3.63) is 35.6 Å². The smallest absolute Gasteiger partial charge is 0.256 e. The van der Waals surface area contributed by atoms with E-state index in [1.54, 1.807) is 18.2 Å². The molecule has 1 aromatic carbocycles.